The van der Waals surface area contributed by atoms with E-state index in [1.165, 1.54) is 4.88 Å². The van der Waals surface area contributed by atoms with Crippen LogP contribution in [0.25, 0.3) is 0 Å². The number of methoxy groups -OCH3 is 1. The van der Waals surface area contributed by atoms with Crippen molar-refractivity contribution < 1.29 is 4.74 Å². The molecule has 1 aromatic rings. The van der Waals surface area contributed by atoms with Gasteiger partial charge in [0, 0.05) is 12.0 Å². The van der Waals surface area contributed by atoms with Gasteiger partial charge in [0.05, 0.1) is 12.3 Å². The van der Waals surface area contributed by atoms with Gasteiger partial charge < -0.3 is 4.74 Å². The van der Waals surface area contributed by atoms with Crippen LogP contribution in [0.1, 0.15) is 22.5 Å². The largest absolute Gasteiger partial charge is 0.378 e. The van der Waals surface area contributed by atoms with Crippen LogP contribution in [0.2, 0.25) is 0 Å². The Balaban J connectivity index is 2.77. The lowest BCUT2D eigenvalue weighted by Crippen LogP contribution is -1.84. The summed E-state index contributed by atoms with van der Waals surface area (Å²) in [5.74, 6) is 0. The van der Waals surface area contributed by atoms with Crippen molar-refractivity contribution in [3.8, 4) is 0 Å². The number of hydrogen-bond acceptors (Lipinski definition) is 3. The molecule has 0 saturated heterocycles. The summed E-state index contributed by atoms with van der Waals surface area (Å²) in [6, 6.07) is 0. The van der Waals surface area contributed by atoms with E-state index in [4.69, 9.17) is 4.74 Å². The molecule has 0 aromatic carbocycles. The van der Waals surface area contributed by atoms with E-state index in [1.807, 2.05) is 0 Å². The van der Waals surface area contributed by atoms with Crippen LogP contribution in [0.3, 0.4) is 0 Å². The maximum Gasteiger partial charge on any atom is 0.119 e. The van der Waals surface area contributed by atoms with Crippen LogP contribution in [0.4, 0.5) is 0 Å². The van der Waals surface area contributed by atoms with Gasteiger partial charge in [-0.15, -0.1) is 11.3 Å². The Morgan fingerprint density at radius 1 is 1.55 bits per heavy atom. The summed E-state index contributed by atoms with van der Waals surface area (Å²) >= 11 is 1.75. The van der Waals surface area contributed by atoms with Crippen molar-refractivity contribution in [1.29, 1.82) is 0 Å². The van der Waals surface area contributed by atoms with Crippen molar-refractivity contribution in [2.75, 3.05) is 7.11 Å². The highest BCUT2D eigenvalue weighted by atomic mass is 32.1. The second-order valence-electron chi connectivity index (χ2n) is 2.40. The molecule has 0 aliphatic carbocycles. The smallest absolute Gasteiger partial charge is 0.119 e. The Labute approximate surface area is 71.2 Å². The SMILES string of the molecule is CCc1sc(COC)nc1C. The molecule has 0 radical (unpaired) electrons. The zero-order valence-corrected chi connectivity index (χ0v) is 7.99. The lowest BCUT2D eigenvalue weighted by molar-refractivity contribution is 0.184. The van der Waals surface area contributed by atoms with Gasteiger partial charge in [-0.1, -0.05) is 6.92 Å². The second kappa shape index (κ2) is 3.83. The van der Waals surface area contributed by atoms with E-state index in [9.17, 15) is 0 Å². The Bertz CT molecular complexity index is 232. The summed E-state index contributed by atoms with van der Waals surface area (Å²) in [6.07, 6.45) is 1.08. The summed E-state index contributed by atoms with van der Waals surface area (Å²) < 4.78 is 4.99. The monoisotopic (exact) mass is 171 g/mol. The highest BCUT2D eigenvalue weighted by Crippen LogP contribution is 2.18. The van der Waals surface area contributed by atoms with Crippen molar-refractivity contribution in [3.05, 3.63) is 15.6 Å². The molecule has 0 N–H and O–H groups in total. The average Bonchev–Trinajstić information content (AvgIpc) is 2.32. The molecule has 0 bridgehead atoms. The molecule has 0 aliphatic rings. The summed E-state index contributed by atoms with van der Waals surface area (Å²) in [4.78, 5) is 5.74. The number of aryl methyl sites for hydroxylation is 2. The highest BCUT2D eigenvalue weighted by molar-refractivity contribution is 7.11. The van der Waals surface area contributed by atoms with Crippen LogP contribution >= 0.6 is 11.3 Å². The molecule has 0 amide bonds. The minimum Gasteiger partial charge on any atom is -0.378 e. The molecule has 1 rings (SSSR count). The van der Waals surface area contributed by atoms with Crippen molar-refractivity contribution in [3.63, 3.8) is 0 Å². The van der Waals surface area contributed by atoms with Crippen molar-refractivity contribution in [2.24, 2.45) is 0 Å². The highest BCUT2D eigenvalue weighted by Gasteiger charge is 2.04. The molecular formula is C8H13NOS. The molecule has 1 heterocycles. The van der Waals surface area contributed by atoms with Gasteiger partial charge in [-0.25, -0.2) is 4.98 Å². The van der Waals surface area contributed by atoms with Gasteiger partial charge in [-0.05, 0) is 13.3 Å². The Hall–Kier alpha value is -0.410. The molecule has 0 saturated carbocycles. The zero-order valence-electron chi connectivity index (χ0n) is 7.18. The molecule has 2 nitrogen and oxygen atoms in total. The summed E-state index contributed by atoms with van der Waals surface area (Å²) in [6.45, 7) is 4.84. The van der Waals surface area contributed by atoms with E-state index < -0.39 is 0 Å². The third-order valence-electron chi connectivity index (χ3n) is 1.53. The first kappa shape index (κ1) is 8.68. The molecule has 0 unspecified atom stereocenters. The van der Waals surface area contributed by atoms with Crippen LogP contribution in [0, 0.1) is 6.92 Å². The van der Waals surface area contributed by atoms with E-state index in [2.05, 4.69) is 18.8 Å². The lowest BCUT2D eigenvalue weighted by atomic mass is 10.3. The molecule has 0 atom stereocenters. The van der Waals surface area contributed by atoms with Crippen LogP contribution in [0.5, 0.6) is 0 Å². The molecule has 3 heteroatoms. The number of rotatable bonds is 3. The Morgan fingerprint density at radius 3 is 2.73 bits per heavy atom. The quantitative estimate of drug-likeness (QED) is 0.695. The Kier molecular flexibility index (Phi) is 3.02. The van der Waals surface area contributed by atoms with Crippen LogP contribution < -0.4 is 0 Å². The maximum atomic E-state index is 4.99. The zero-order chi connectivity index (χ0) is 8.27. The molecular weight excluding hydrogens is 158 g/mol. The predicted molar refractivity (Wildman–Crippen MR) is 46.9 cm³/mol. The average molecular weight is 171 g/mol. The first-order valence-corrected chi connectivity index (χ1v) is 4.53. The number of nitrogens with zero attached hydrogens (tertiary/aromatic N) is 1. The van der Waals surface area contributed by atoms with Crippen LogP contribution in [-0.4, -0.2) is 12.1 Å². The fourth-order valence-electron chi connectivity index (χ4n) is 1.00. The van der Waals surface area contributed by atoms with Gasteiger partial charge in [-0.2, -0.15) is 0 Å². The lowest BCUT2D eigenvalue weighted by Gasteiger charge is -1.88. The van der Waals surface area contributed by atoms with Gasteiger partial charge in [0.15, 0.2) is 0 Å². The predicted octanol–water partition coefficient (Wildman–Crippen LogP) is 2.16. The van der Waals surface area contributed by atoms with E-state index in [0.717, 1.165) is 17.1 Å². The second-order valence-corrected chi connectivity index (χ2v) is 3.57. The van der Waals surface area contributed by atoms with Gasteiger partial charge in [-0.3, -0.25) is 0 Å². The number of hydrogen-bond donors (Lipinski definition) is 0. The minimum atomic E-state index is 0.644. The van der Waals surface area contributed by atoms with E-state index in [-0.39, 0.29) is 0 Å². The number of thiazole rings is 1. The van der Waals surface area contributed by atoms with E-state index in [1.54, 1.807) is 18.4 Å². The fourth-order valence-corrected chi connectivity index (χ4v) is 1.98. The van der Waals surface area contributed by atoms with Crippen molar-refractivity contribution in [1.82, 2.24) is 4.98 Å². The van der Waals surface area contributed by atoms with Crippen molar-refractivity contribution in [2.45, 2.75) is 26.9 Å². The summed E-state index contributed by atoms with van der Waals surface area (Å²) in [5, 5.41) is 1.09. The van der Waals surface area contributed by atoms with E-state index in [0.29, 0.717) is 6.61 Å². The molecule has 62 valence electrons. The fraction of sp³-hybridized carbons (Fsp3) is 0.625. The summed E-state index contributed by atoms with van der Waals surface area (Å²) in [5.41, 5.74) is 1.16. The summed E-state index contributed by atoms with van der Waals surface area (Å²) in [7, 11) is 1.70. The van der Waals surface area contributed by atoms with Gasteiger partial charge in [0.2, 0.25) is 0 Å². The van der Waals surface area contributed by atoms with Gasteiger partial charge >= 0.3 is 0 Å². The normalized spacial score (nSPS) is 10.5. The van der Waals surface area contributed by atoms with E-state index >= 15 is 0 Å². The standard InChI is InChI=1S/C8H13NOS/c1-4-7-6(2)9-8(11-7)5-10-3/h4-5H2,1-3H3. The third kappa shape index (κ3) is 2.01. The third-order valence-corrected chi connectivity index (χ3v) is 2.80. The number of ether oxygens (including phenoxy) is 1. The molecule has 0 aliphatic heterocycles. The van der Waals surface area contributed by atoms with Crippen LogP contribution in [-0.2, 0) is 17.8 Å². The molecule has 1 aromatic heterocycles. The first-order chi connectivity index (χ1) is 5.27. The molecule has 11 heavy (non-hydrogen) atoms. The minimum absolute atomic E-state index is 0.644. The molecule has 0 spiro atoms. The number of aromatic nitrogens is 1. The first-order valence-electron chi connectivity index (χ1n) is 3.72. The topological polar surface area (TPSA) is 22.1 Å². The van der Waals surface area contributed by atoms with Gasteiger partial charge in [0.25, 0.3) is 0 Å². The van der Waals surface area contributed by atoms with Crippen LogP contribution in [0.15, 0.2) is 0 Å². The van der Waals surface area contributed by atoms with Crippen molar-refractivity contribution >= 4 is 11.3 Å². The molecule has 0 fully saturated rings. The Morgan fingerprint density at radius 2 is 2.27 bits per heavy atom. The maximum absolute atomic E-state index is 4.99. The van der Waals surface area contributed by atoms with Gasteiger partial charge in [0.1, 0.15) is 5.01 Å².